The largest absolute Gasteiger partial charge is 0.455 e. The van der Waals surface area contributed by atoms with Crippen molar-refractivity contribution in [2.75, 3.05) is 19.8 Å². The molecule has 0 spiro atoms. The molecule has 1 aromatic carbocycles. The summed E-state index contributed by atoms with van der Waals surface area (Å²) < 4.78 is 17.3. The minimum absolute atomic E-state index is 0.180. The van der Waals surface area contributed by atoms with Gasteiger partial charge in [0, 0.05) is 19.1 Å². The van der Waals surface area contributed by atoms with E-state index in [0.717, 1.165) is 12.8 Å². The van der Waals surface area contributed by atoms with Gasteiger partial charge < -0.3 is 19.9 Å². The Kier molecular flexibility index (Phi) is 7.58. The molecule has 0 bridgehead atoms. The van der Waals surface area contributed by atoms with Gasteiger partial charge in [0.15, 0.2) is 0 Å². The van der Waals surface area contributed by atoms with E-state index >= 15 is 0 Å². The lowest BCUT2D eigenvalue weighted by molar-refractivity contribution is -0.0693. The quantitative estimate of drug-likeness (QED) is 0.537. The van der Waals surface area contributed by atoms with Gasteiger partial charge in [-0.3, -0.25) is 0 Å². The molecule has 0 aromatic heterocycles. The molecule has 1 aliphatic carbocycles. The molecule has 1 aliphatic rings. The predicted octanol–water partition coefficient (Wildman–Crippen LogP) is 2.67. The third-order valence-corrected chi connectivity index (χ3v) is 4.51. The summed E-state index contributed by atoms with van der Waals surface area (Å²) in [7, 11) is 0. The first-order chi connectivity index (χ1) is 12.6. The van der Waals surface area contributed by atoms with Crippen LogP contribution in [0.25, 0.3) is 0 Å². The molecule has 6 heteroatoms. The Morgan fingerprint density at radius 1 is 1.27 bits per heavy atom. The molecule has 2 rings (SSSR count). The lowest BCUT2D eigenvalue weighted by atomic mass is 9.97. The zero-order valence-electron chi connectivity index (χ0n) is 15.5. The van der Waals surface area contributed by atoms with Gasteiger partial charge in [0.05, 0.1) is 18.2 Å². The second-order valence-electron chi connectivity index (χ2n) is 6.72. The molecule has 6 nitrogen and oxygen atoms in total. The lowest BCUT2D eigenvalue weighted by Gasteiger charge is -2.28. The summed E-state index contributed by atoms with van der Waals surface area (Å²) in [5, 5.41) is 9.62. The van der Waals surface area contributed by atoms with Crippen molar-refractivity contribution in [1.29, 1.82) is 5.26 Å². The summed E-state index contributed by atoms with van der Waals surface area (Å²) in [5.41, 5.74) is 5.57. The monoisotopic (exact) mass is 360 g/mol. The third kappa shape index (κ3) is 4.82. The number of carbonyl (C=O) groups is 1. The minimum atomic E-state index is -1.20. The fraction of sp³-hybridized carbons (Fsp3) is 0.600. The molecule has 0 aliphatic heterocycles. The van der Waals surface area contributed by atoms with E-state index in [2.05, 4.69) is 6.07 Å². The fourth-order valence-corrected chi connectivity index (χ4v) is 3.26. The zero-order chi connectivity index (χ0) is 19.0. The van der Waals surface area contributed by atoms with E-state index in [9.17, 15) is 10.1 Å². The zero-order valence-corrected chi connectivity index (χ0v) is 15.5. The summed E-state index contributed by atoms with van der Waals surface area (Å²) in [6.45, 7) is 5.45. The molecule has 1 fully saturated rings. The van der Waals surface area contributed by atoms with Crippen LogP contribution in [0, 0.1) is 17.2 Å². The Hall–Kier alpha value is -1.94. The Labute approximate surface area is 155 Å². The first-order valence-corrected chi connectivity index (χ1v) is 9.21. The van der Waals surface area contributed by atoms with Crippen LogP contribution in [0.4, 0.5) is 0 Å². The van der Waals surface area contributed by atoms with Gasteiger partial charge in [0.1, 0.15) is 17.7 Å². The Bertz CT molecular complexity index is 616. The summed E-state index contributed by atoms with van der Waals surface area (Å²) in [6, 6.07) is 11.0. The normalized spacial score (nSPS) is 27.8. The Balaban J connectivity index is 2.20. The van der Waals surface area contributed by atoms with Crippen molar-refractivity contribution in [3.63, 3.8) is 0 Å². The van der Waals surface area contributed by atoms with Crippen molar-refractivity contribution >= 4 is 5.97 Å². The van der Waals surface area contributed by atoms with Crippen molar-refractivity contribution in [2.24, 2.45) is 11.7 Å². The van der Waals surface area contributed by atoms with Gasteiger partial charge in [-0.2, -0.15) is 5.26 Å². The molecule has 2 N–H and O–H groups in total. The molecule has 4 atom stereocenters. The van der Waals surface area contributed by atoms with Crippen LogP contribution in [0.1, 0.15) is 43.5 Å². The van der Waals surface area contributed by atoms with Crippen molar-refractivity contribution in [3.05, 3.63) is 35.9 Å². The summed E-state index contributed by atoms with van der Waals surface area (Å²) >= 11 is 0. The summed E-state index contributed by atoms with van der Waals surface area (Å²) in [6.07, 6.45) is 0.761. The van der Waals surface area contributed by atoms with E-state index in [0.29, 0.717) is 31.8 Å². The maximum Gasteiger partial charge on any atom is 0.338 e. The number of esters is 1. The lowest BCUT2D eigenvalue weighted by Crippen LogP contribution is -2.51. The SMILES string of the molecule is CCCOC[C@H]1C[C@](N)(C#N)C(OCCC)[C@H]1OC(=O)c1ccccc1. The maximum absolute atomic E-state index is 12.6. The van der Waals surface area contributed by atoms with E-state index in [1.54, 1.807) is 24.3 Å². The molecule has 1 saturated carbocycles. The fourth-order valence-electron chi connectivity index (χ4n) is 3.26. The van der Waals surface area contributed by atoms with Crippen molar-refractivity contribution in [1.82, 2.24) is 0 Å². The predicted molar refractivity (Wildman–Crippen MR) is 97.4 cm³/mol. The average molecular weight is 360 g/mol. The van der Waals surface area contributed by atoms with Gasteiger partial charge in [-0.05, 0) is 31.4 Å². The number of hydrogen-bond acceptors (Lipinski definition) is 6. The number of nitriles is 1. The third-order valence-electron chi connectivity index (χ3n) is 4.51. The second kappa shape index (κ2) is 9.67. The second-order valence-corrected chi connectivity index (χ2v) is 6.72. The highest BCUT2D eigenvalue weighted by molar-refractivity contribution is 5.89. The van der Waals surface area contributed by atoms with Crippen LogP contribution in [-0.2, 0) is 14.2 Å². The number of nitrogens with two attached hydrogens (primary N) is 1. The molecule has 0 radical (unpaired) electrons. The van der Waals surface area contributed by atoms with Crippen LogP contribution >= 0.6 is 0 Å². The average Bonchev–Trinajstić information content (AvgIpc) is 2.92. The highest BCUT2D eigenvalue weighted by Gasteiger charge is 2.55. The molecule has 0 saturated heterocycles. The minimum Gasteiger partial charge on any atom is -0.455 e. The van der Waals surface area contributed by atoms with Gasteiger partial charge >= 0.3 is 5.97 Å². The van der Waals surface area contributed by atoms with E-state index in [-0.39, 0.29) is 5.92 Å². The van der Waals surface area contributed by atoms with Gasteiger partial charge in [-0.25, -0.2) is 4.79 Å². The number of benzene rings is 1. The molecular formula is C20H28N2O4. The highest BCUT2D eigenvalue weighted by Crippen LogP contribution is 2.38. The molecule has 1 aromatic rings. The number of nitrogens with zero attached hydrogens (tertiary/aromatic N) is 1. The number of carbonyl (C=O) groups excluding carboxylic acids is 1. The maximum atomic E-state index is 12.6. The van der Waals surface area contributed by atoms with E-state index < -0.39 is 23.7 Å². The van der Waals surface area contributed by atoms with Gasteiger partial charge in [-0.1, -0.05) is 32.0 Å². The van der Waals surface area contributed by atoms with E-state index in [1.807, 2.05) is 19.9 Å². The van der Waals surface area contributed by atoms with Crippen LogP contribution in [0.2, 0.25) is 0 Å². The smallest absolute Gasteiger partial charge is 0.338 e. The standard InChI is InChI=1S/C20H28N2O4/c1-3-10-24-13-16-12-20(22,14-21)18(25-11-4-2)17(16)26-19(23)15-8-6-5-7-9-15/h5-9,16-18H,3-4,10-13,22H2,1-2H3/t16-,17+,18?,20+/m1/s1. The van der Waals surface area contributed by atoms with E-state index in [1.165, 1.54) is 0 Å². The molecule has 1 unspecified atom stereocenters. The topological polar surface area (TPSA) is 94.6 Å². The van der Waals surface area contributed by atoms with Crippen LogP contribution < -0.4 is 5.73 Å². The van der Waals surface area contributed by atoms with Gasteiger partial charge in [0.2, 0.25) is 0 Å². The number of hydrogen-bond donors (Lipinski definition) is 1. The van der Waals surface area contributed by atoms with Crippen LogP contribution in [0.15, 0.2) is 30.3 Å². The van der Waals surface area contributed by atoms with Crippen LogP contribution in [0.5, 0.6) is 0 Å². The molecule has 142 valence electrons. The van der Waals surface area contributed by atoms with Crippen LogP contribution in [0.3, 0.4) is 0 Å². The highest BCUT2D eigenvalue weighted by atomic mass is 16.6. The molecule has 26 heavy (non-hydrogen) atoms. The first kappa shape index (κ1) is 20.4. The Morgan fingerprint density at radius 3 is 2.58 bits per heavy atom. The summed E-state index contributed by atoms with van der Waals surface area (Å²) in [5.74, 6) is -0.621. The van der Waals surface area contributed by atoms with E-state index in [4.69, 9.17) is 19.9 Å². The van der Waals surface area contributed by atoms with Crippen molar-refractivity contribution in [3.8, 4) is 6.07 Å². The van der Waals surface area contributed by atoms with Gasteiger partial charge in [-0.15, -0.1) is 0 Å². The molecular weight excluding hydrogens is 332 g/mol. The Morgan fingerprint density at radius 2 is 1.96 bits per heavy atom. The first-order valence-electron chi connectivity index (χ1n) is 9.21. The van der Waals surface area contributed by atoms with Crippen LogP contribution in [-0.4, -0.2) is 43.5 Å². The molecule has 0 heterocycles. The molecule has 0 amide bonds. The number of rotatable bonds is 9. The number of ether oxygens (including phenoxy) is 3. The van der Waals surface area contributed by atoms with Crippen molar-refractivity contribution in [2.45, 2.75) is 50.9 Å². The van der Waals surface area contributed by atoms with Gasteiger partial charge in [0.25, 0.3) is 0 Å². The summed E-state index contributed by atoms with van der Waals surface area (Å²) in [4.78, 5) is 12.6. The van der Waals surface area contributed by atoms with Crippen molar-refractivity contribution < 1.29 is 19.0 Å².